The lowest BCUT2D eigenvalue weighted by Gasteiger charge is -2.17. The van der Waals surface area contributed by atoms with Gasteiger partial charge in [0.15, 0.2) is 0 Å². The molecule has 0 radical (unpaired) electrons. The van der Waals surface area contributed by atoms with E-state index in [1.165, 1.54) is 43.2 Å². The number of nitriles is 1. The Kier molecular flexibility index (Phi) is 11.3. The summed E-state index contributed by atoms with van der Waals surface area (Å²) in [5.74, 6) is -0.256. The first kappa shape index (κ1) is 25.4. The molecule has 0 aliphatic carbocycles. The first-order chi connectivity index (χ1) is 15.5. The zero-order valence-electron chi connectivity index (χ0n) is 19.7. The van der Waals surface area contributed by atoms with Crippen molar-refractivity contribution < 1.29 is 9.53 Å². The van der Waals surface area contributed by atoms with Crippen LogP contribution < -0.4 is 0 Å². The molecule has 170 valence electrons. The molecule has 0 heterocycles. The minimum atomic E-state index is -0.256. The molecule has 0 saturated heterocycles. The molecule has 2 aromatic carbocycles. The topological polar surface area (TPSA) is 50.1 Å². The van der Waals surface area contributed by atoms with Crippen LogP contribution in [0.2, 0.25) is 0 Å². The van der Waals surface area contributed by atoms with Crippen LogP contribution in [0.25, 0.3) is 11.1 Å². The van der Waals surface area contributed by atoms with Crippen molar-refractivity contribution in [1.29, 1.82) is 5.26 Å². The summed E-state index contributed by atoms with van der Waals surface area (Å²) in [6.07, 6.45) is 11.3. The van der Waals surface area contributed by atoms with Crippen molar-refractivity contribution in [2.75, 3.05) is 0 Å². The van der Waals surface area contributed by atoms with Crippen molar-refractivity contribution in [1.82, 2.24) is 0 Å². The van der Waals surface area contributed by atoms with Crippen LogP contribution in [0.1, 0.15) is 82.8 Å². The molecule has 0 aromatic heterocycles. The van der Waals surface area contributed by atoms with Gasteiger partial charge in [0, 0.05) is 5.57 Å². The summed E-state index contributed by atoms with van der Waals surface area (Å²) in [5.41, 5.74) is 4.89. The highest BCUT2D eigenvalue weighted by atomic mass is 16.5. The van der Waals surface area contributed by atoms with Crippen LogP contribution in [0, 0.1) is 11.3 Å². The lowest BCUT2D eigenvalue weighted by molar-refractivity contribution is -0.144. The maximum Gasteiger partial charge on any atom is 0.333 e. The standard InChI is InChI=1S/C29H37NO2/c1-4-11-28(32-29(31)23(2)3)13-10-8-6-5-7-9-12-24-14-18-26(19-15-24)27-20-16-25(22-30)17-21-27/h14-21,28H,2,4-13H2,1,3H3. The number of esters is 1. The number of nitrogens with zero attached hydrogens (tertiary/aromatic N) is 1. The van der Waals surface area contributed by atoms with Gasteiger partial charge in [-0.05, 0) is 67.9 Å². The third-order valence-electron chi connectivity index (χ3n) is 5.78. The Morgan fingerprint density at radius 1 is 0.906 bits per heavy atom. The van der Waals surface area contributed by atoms with Gasteiger partial charge < -0.3 is 4.74 Å². The number of unbranched alkanes of at least 4 members (excludes halogenated alkanes) is 5. The van der Waals surface area contributed by atoms with Crippen molar-refractivity contribution in [3.05, 3.63) is 71.8 Å². The molecule has 3 heteroatoms. The minimum absolute atomic E-state index is 0.0384. The molecule has 2 aromatic rings. The highest BCUT2D eigenvalue weighted by Crippen LogP contribution is 2.21. The summed E-state index contributed by atoms with van der Waals surface area (Å²) in [4.78, 5) is 11.7. The zero-order valence-corrected chi connectivity index (χ0v) is 19.7. The number of ether oxygens (including phenoxy) is 1. The number of carbonyl (C=O) groups is 1. The van der Waals surface area contributed by atoms with Crippen LogP contribution in [0.3, 0.4) is 0 Å². The Bertz CT molecular complexity index is 875. The fourth-order valence-corrected chi connectivity index (χ4v) is 3.85. The molecule has 1 unspecified atom stereocenters. The lowest BCUT2D eigenvalue weighted by Crippen LogP contribution is -2.18. The van der Waals surface area contributed by atoms with E-state index >= 15 is 0 Å². The monoisotopic (exact) mass is 431 g/mol. The lowest BCUT2D eigenvalue weighted by atomic mass is 10.00. The van der Waals surface area contributed by atoms with E-state index in [0.717, 1.165) is 37.7 Å². The second-order valence-electron chi connectivity index (χ2n) is 8.64. The molecular formula is C29H37NO2. The van der Waals surface area contributed by atoms with E-state index in [9.17, 15) is 4.79 Å². The van der Waals surface area contributed by atoms with Crippen LogP contribution in [-0.4, -0.2) is 12.1 Å². The molecule has 0 amide bonds. The summed E-state index contributed by atoms with van der Waals surface area (Å²) in [7, 11) is 0. The van der Waals surface area contributed by atoms with Gasteiger partial charge in [0.2, 0.25) is 0 Å². The summed E-state index contributed by atoms with van der Waals surface area (Å²) < 4.78 is 5.54. The molecule has 2 rings (SSSR count). The fourth-order valence-electron chi connectivity index (χ4n) is 3.85. The van der Waals surface area contributed by atoms with Gasteiger partial charge in [-0.3, -0.25) is 0 Å². The Morgan fingerprint density at radius 3 is 2.03 bits per heavy atom. The highest BCUT2D eigenvalue weighted by molar-refractivity contribution is 5.87. The SMILES string of the molecule is C=C(C)C(=O)OC(CCC)CCCCCCCCc1ccc(-c2ccc(C#N)cc2)cc1. The van der Waals surface area contributed by atoms with Gasteiger partial charge in [-0.25, -0.2) is 4.79 Å². The normalized spacial score (nSPS) is 11.5. The summed E-state index contributed by atoms with van der Waals surface area (Å²) >= 11 is 0. The van der Waals surface area contributed by atoms with E-state index < -0.39 is 0 Å². The van der Waals surface area contributed by atoms with Crippen LogP contribution >= 0.6 is 0 Å². The second kappa shape index (κ2) is 14.2. The summed E-state index contributed by atoms with van der Waals surface area (Å²) in [6.45, 7) is 7.50. The maximum atomic E-state index is 11.7. The molecule has 0 fully saturated rings. The van der Waals surface area contributed by atoms with Crippen LogP contribution in [0.5, 0.6) is 0 Å². The first-order valence-electron chi connectivity index (χ1n) is 12.0. The molecular weight excluding hydrogens is 394 g/mol. The number of hydrogen-bond donors (Lipinski definition) is 0. The van der Waals surface area contributed by atoms with E-state index in [1.807, 2.05) is 24.3 Å². The molecule has 0 aliphatic heterocycles. The summed E-state index contributed by atoms with van der Waals surface area (Å²) in [6, 6.07) is 18.7. The molecule has 0 aliphatic rings. The van der Waals surface area contributed by atoms with Gasteiger partial charge in [0.25, 0.3) is 0 Å². The van der Waals surface area contributed by atoms with E-state index in [4.69, 9.17) is 10.00 Å². The third kappa shape index (κ3) is 9.10. The number of aryl methyl sites for hydroxylation is 1. The summed E-state index contributed by atoms with van der Waals surface area (Å²) in [5, 5.41) is 8.92. The van der Waals surface area contributed by atoms with Crippen LogP contribution in [0.4, 0.5) is 0 Å². The molecule has 3 nitrogen and oxygen atoms in total. The average molecular weight is 432 g/mol. The van der Waals surface area contributed by atoms with Crippen LogP contribution in [0.15, 0.2) is 60.7 Å². The third-order valence-corrected chi connectivity index (χ3v) is 5.78. The Labute approximate surface area is 194 Å². The van der Waals surface area contributed by atoms with Gasteiger partial charge in [-0.1, -0.05) is 82.0 Å². The molecule has 32 heavy (non-hydrogen) atoms. The average Bonchev–Trinajstić information content (AvgIpc) is 2.81. The molecule has 0 N–H and O–H groups in total. The predicted octanol–water partition coefficient (Wildman–Crippen LogP) is 7.79. The van der Waals surface area contributed by atoms with Gasteiger partial charge >= 0.3 is 5.97 Å². The van der Waals surface area contributed by atoms with Gasteiger partial charge in [-0.15, -0.1) is 0 Å². The van der Waals surface area contributed by atoms with Crippen molar-refractivity contribution in [2.45, 2.75) is 84.2 Å². The molecule has 1 atom stereocenters. The number of hydrogen-bond acceptors (Lipinski definition) is 3. The van der Waals surface area contributed by atoms with E-state index in [0.29, 0.717) is 11.1 Å². The van der Waals surface area contributed by atoms with Crippen molar-refractivity contribution in [3.63, 3.8) is 0 Å². The van der Waals surface area contributed by atoms with Crippen molar-refractivity contribution >= 4 is 5.97 Å². The number of benzene rings is 2. The van der Waals surface area contributed by atoms with E-state index in [-0.39, 0.29) is 12.1 Å². The van der Waals surface area contributed by atoms with Crippen molar-refractivity contribution in [3.8, 4) is 17.2 Å². The van der Waals surface area contributed by atoms with Gasteiger partial charge in [-0.2, -0.15) is 5.26 Å². The fraction of sp³-hybridized carbons (Fsp3) is 0.448. The second-order valence-corrected chi connectivity index (χ2v) is 8.64. The van der Waals surface area contributed by atoms with E-state index in [1.54, 1.807) is 6.92 Å². The molecule has 0 saturated carbocycles. The molecule has 0 bridgehead atoms. The Balaban J connectivity index is 1.60. The van der Waals surface area contributed by atoms with Crippen LogP contribution in [-0.2, 0) is 16.0 Å². The first-order valence-corrected chi connectivity index (χ1v) is 12.0. The quantitative estimate of drug-likeness (QED) is 0.174. The maximum absolute atomic E-state index is 11.7. The van der Waals surface area contributed by atoms with Gasteiger partial charge in [0.1, 0.15) is 6.10 Å². The smallest absolute Gasteiger partial charge is 0.333 e. The largest absolute Gasteiger partial charge is 0.459 e. The van der Waals surface area contributed by atoms with E-state index in [2.05, 4.69) is 43.8 Å². The number of rotatable bonds is 14. The Morgan fingerprint density at radius 2 is 1.47 bits per heavy atom. The number of carbonyl (C=O) groups excluding carboxylic acids is 1. The van der Waals surface area contributed by atoms with Gasteiger partial charge in [0.05, 0.1) is 11.6 Å². The van der Waals surface area contributed by atoms with Crippen molar-refractivity contribution in [2.24, 2.45) is 0 Å². The molecule has 0 spiro atoms. The minimum Gasteiger partial charge on any atom is -0.459 e. The Hall–Kier alpha value is -2.86. The highest BCUT2D eigenvalue weighted by Gasteiger charge is 2.13. The predicted molar refractivity (Wildman–Crippen MR) is 132 cm³/mol. The zero-order chi connectivity index (χ0) is 23.2.